The number of benzene rings is 1. The first-order chi connectivity index (χ1) is 14.9. The van der Waals surface area contributed by atoms with Gasteiger partial charge < -0.3 is 16.2 Å². The van der Waals surface area contributed by atoms with Gasteiger partial charge in [0.25, 0.3) is 0 Å². The maximum atomic E-state index is 14.2. The maximum absolute atomic E-state index is 14.2. The average Bonchev–Trinajstić information content (AvgIpc) is 3.11. The summed E-state index contributed by atoms with van der Waals surface area (Å²) in [5.41, 5.74) is 16.5. The minimum Gasteiger partial charge on any atom is -0.482 e. The second-order valence-corrected chi connectivity index (χ2v) is 7.94. The number of pyridine rings is 1. The Balaban J connectivity index is 2.00. The highest BCUT2D eigenvalue weighted by Crippen LogP contribution is 2.33. The number of rotatable bonds is 1. The van der Waals surface area contributed by atoms with E-state index < -0.39 is 6.10 Å². The third-order valence-corrected chi connectivity index (χ3v) is 5.45. The first-order valence-electron chi connectivity index (χ1n) is 9.83. The average molecular weight is 485 g/mol. The Kier molecular flexibility index (Phi) is 5.77. The number of halogens is 2. The molecule has 4 N–H and O–H groups in total. The highest BCUT2D eigenvalue weighted by molar-refractivity contribution is 9.10. The molecule has 2 aromatic heterocycles. The zero-order chi connectivity index (χ0) is 22.1. The molecular weight excluding hydrogens is 463 g/mol. The van der Waals surface area contributed by atoms with Crippen LogP contribution >= 0.6 is 15.9 Å². The quantitative estimate of drug-likeness (QED) is 0.540. The Hall–Kier alpha value is -3.20. The molecule has 2 bridgehead atoms. The van der Waals surface area contributed by atoms with Crippen LogP contribution in [0.4, 0.5) is 10.2 Å². The van der Waals surface area contributed by atoms with E-state index in [0.717, 1.165) is 16.8 Å². The molecule has 0 spiro atoms. The summed E-state index contributed by atoms with van der Waals surface area (Å²) >= 11 is 3.46. The molecular formula is C22H22BrFN6O. The highest BCUT2D eigenvalue weighted by atomic mass is 79.9. The fourth-order valence-electron chi connectivity index (χ4n) is 3.65. The van der Waals surface area contributed by atoms with Crippen LogP contribution in [-0.4, -0.2) is 27.0 Å². The molecule has 0 saturated carbocycles. The summed E-state index contributed by atoms with van der Waals surface area (Å²) in [5.74, 6) is 0.263. The third kappa shape index (κ3) is 4.05. The van der Waals surface area contributed by atoms with Gasteiger partial charge in [-0.3, -0.25) is 4.99 Å². The molecule has 31 heavy (non-hydrogen) atoms. The Morgan fingerprint density at radius 1 is 1.35 bits per heavy atom. The number of aliphatic imine (C=N–C) groups is 1. The van der Waals surface area contributed by atoms with E-state index in [9.17, 15) is 4.39 Å². The molecule has 160 valence electrons. The van der Waals surface area contributed by atoms with Gasteiger partial charge in [-0.15, -0.1) is 0 Å². The number of allylic oxidation sites excluding steroid dienone is 1. The Morgan fingerprint density at radius 3 is 2.90 bits per heavy atom. The van der Waals surface area contributed by atoms with Gasteiger partial charge >= 0.3 is 0 Å². The molecule has 4 rings (SSSR count). The van der Waals surface area contributed by atoms with Crippen LogP contribution in [0.15, 0.2) is 57.9 Å². The standard InChI is InChI=1S/C22H22BrFN6O/c1-3-27-21-13(10-25)6-16-9-20(23)29-30(16)18-5-4-15(24)8-17(18)12(2)31-19-7-14(21)11-28-22(19)26/h4-5,7-12H,3,6,25H2,1-2H3,(H2,26,28). The van der Waals surface area contributed by atoms with Crippen LogP contribution in [0.3, 0.4) is 0 Å². The van der Waals surface area contributed by atoms with Gasteiger partial charge in [-0.1, -0.05) is 0 Å². The molecule has 0 aliphatic carbocycles. The number of hydrogen-bond acceptors (Lipinski definition) is 6. The number of aromatic nitrogens is 3. The van der Waals surface area contributed by atoms with Gasteiger partial charge in [0.2, 0.25) is 0 Å². The number of nitrogens with zero attached hydrogens (tertiary/aromatic N) is 4. The lowest BCUT2D eigenvalue weighted by molar-refractivity contribution is 0.226. The van der Waals surface area contributed by atoms with Crippen LogP contribution in [0.1, 0.15) is 36.8 Å². The van der Waals surface area contributed by atoms with Crippen molar-refractivity contribution in [3.8, 4) is 11.4 Å². The normalized spacial score (nSPS) is 18.6. The van der Waals surface area contributed by atoms with Crippen LogP contribution in [0.5, 0.6) is 5.75 Å². The predicted octanol–water partition coefficient (Wildman–Crippen LogP) is 4.10. The molecule has 0 fully saturated rings. The molecule has 7 nitrogen and oxygen atoms in total. The molecule has 0 radical (unpaired) electrons. The molecule has 1 aliphatic heterocycles. The van der Waals surface area contributed by atoms with Crippen molar-refractivity contribution in [1.82, 2.24) is 14.8 Å². The molecule has 9 heteroatoms. The van der Waals surface area contributed by atoms with Crippen molar-refractivity contribution in [3.63, 3.8) is 0 Å². The van der Waals surface area contributed by atoms with E-state index in [4.69, 9.17) is 16.2 Å². The van der Waals surface area contributed by atoms with Crippen molar-refractivity contribution < 1.29 is 9.13 Å². The smallest absolute Gasteiger partial charge is 0.166 e. The van der Waals surface area contributed by atoms with Crippen LogP contribution in [0.25, 0.3) is 5.69 Å². The second kappa shape index (κ2) is 8.50. The van der Waals surface area contributed by atoms with E-state index in [0.29, 0.717) is 40.3 Å². The Morgan fingerprint density at radius 2 is 2.16 bits per heavy atom. The molecule has 1 unspecified atom stereocenters. The molecule has 3 aromatic rings. The first-order valence-corrected chi connectivity index (χ1v) is 10.6. The Labute approximate surface area is 187 Å². The van der Waals surface area contributed by atoms with Gasteiger partial charge in [0.1, 0.15) is 16.5 Å². The van der Waals surface area contributed by atoms with Crippen LogP contribution in [0.2, 0.25) is 0 Å². The number of ether oxygens (including phenoxy) is 1. The monoisotopic (exact) mass is 484 g/mol. The number of hydrogen-bond donors (Lipinski definition) is 2. The Bertz CT molecular complexity index is 1200. The van der Waals surface area contributed by atoms with E-state index in [-0.39, 0.29) is 11.6 Å². The molecule has 1 aromatic carbocycles. The van der Waals surface area contributed by atoms with Crippen molar-refractivity contribution in [1.29, 1.82) is 0 Å². The first kappa shape index (κ1) is 21.0. The molecule has 3 heterocycles. The predicted molar refractivity (Wildman–Crippen MR) is 122 cm³/mol. The summed E-state index contributed by atoms with van der Waals surface area (Å²) in [6, 6.07) is 8.23. The summed E-state index contributed by atoms with van der Waals surface area (Å²) in [7, 11) is 0. The number of anilines is 1. The van der Waals surface area contributed by atoms with E-state index in [1.54, 1.807) is 23.0 Å². The topological polar surface area (TPSA) is 104 Å². The molecule has 1 atom stereocenters. The van der Waals surface area contributed by atoms with Crippen LogP contribution < -0.4 is 16.2 Å². The number of fused-ring (bicyclic) bond motifs is 5. The summed E-state index contributed by atoms with van der Waals surface area (Å²) in [4.78, 5) is 8.95. The lowest BCUT2D eigenvalue weighted by Gasteiger charge is -2.22. The van der Waals surface area contributed by atoms with Gasteiger partial charge in [0, 0.05) is 36.0 Å². The zero-order valence-electron chi connectivity index (χ0n) is 17.1. The third-order valence-electron chi connectivity index (χ3n) is 5.06. The van der Waals surface area contributed by atoms with Crippen molar-refractivity contribution in [2.24, 2.45) is 10.7 Å². The van der Waals surface area contributed by atoms with E-state index in [2.05, 4.69) is 31.0 Å². The minimum absolute atomic E-state index is 0.238. The van der Waals surface area contributed by atoms with E-state index in [1.807, 2.05) is 19.9 Å². The summed E-state index contributed by atoms with van der Waals surface area (Å²) < 4.78 is 22.7. The fourth-order valence-corrected chi connectivity index (χ4v) is 4.07. The maximum Gasteiger partial charge on any atom is 0.166 e. The minimum atomic E-state index is -0.517. The lowest BCUT2D eigenvalue weighted by atomic mass is 9.99. The highest BCUT2D eigenvalue weighted by Gasteiger charge is 2.23. The zero-order valence-corrected chi connectivity index (χ0v) is 18.7. The van der Waals surface area contributed by atoms with E-state index in [1.165, 1.54) is 18.3 Å². The fraction of sp³-hybridized carbons (Fsp3) is 0.227. The molecule has 0 saturated heterocycles. The molecule has 1 aliphatic rings. The van der Waals surface area contributed by atoms with Gasteiger partial charge in [-0.05, 0) is 71.9 Å². The lowest BCUT2D eigenvalue weighted by Crippen LogP contribution is -2.17. The summed E-state index contributed by atoms with van der Waals surface area (Å²) in [6.45, 7) is 4.35. The van der Waals surface area contributed by atoms with Crippen molar-refractivity contribution >= 4 is 27.5 Å². The van der Waals surface area contributed by atoms with Crippen LogP contribution in [0, 0.1) is 5.82 Å². The van der Waals surface area contributed by atoms with Crippen molar-refractivity contribution in [2.75, 3.05) is 12.3 Å². The van der Waals surface area contributed by atoms with Crippen LogP contribution in [-0.2, 0) is 6.42 Å². The summed E-state index contributed by atoms with van der Waals surface area (Å²) in [6.07, 6.45) is 3.13. The number of nitrogens with two attached hydrogens (primary N) is 2. The van der Waals surface area contributed by atoms with Gasteiger partial charge in [-0.25, -0.2) is 14.1 Å². The number of nitrogen functional groups attached to an aromatic ring is 1. The second-order valence-electron chi connectivity index (χ2n) is 7.13. The summed E-state index contributed by atoms with van der Waals surface area (Å²) in [5, 5.41) is 4.58. The van der Waals surface area contributed by atoms with Gasteiger partial charge in [0.05, 0.1) is 11.4 Å². The van der Waals surface area contributed by atoms with Gasteiger partial charge in [0.15, 0.2) is 11.6 Å². The van der Waals surface area contributed by atoms with E-state index >= 15 is 0 Å². The SMILES string of the molecule is CCN=C1C(=CN)Cc2cc(Br)nn2-c2ccc(F)cc2C(C)Oc2cc1cnc2N. The van der Waals surface area contributed by atoms with Crippen molar-refractivity contribution in [2.45, 2.75) is 26.4 Å². The van der Waals surface area contributed by atoms with Crippen molar-refractivity contribution in [3.05, 3.63) is 75.5 Å². The van der Waals surface area contributed by atoms with Gasteiger partial charge in [-0.2, -0.15) is 5.10 Å². The largest absolute Gasteiger partial charge is 0.482 e. The molecule has 0 amide bonds.